The molecular weight excluding hydrogens is 570 g/mol. The molecule has 1 aromatic heterocycles. The van der Waals surface area contributed by atoms with E-state index in [4.69, 9.17) is 0 Å². The molecule has 4 amide bonds. The second-order valence-corrected chi connectivity index (χ2v) is 13.1. The molecule has 3 atom stereocenters. The Morgan fingerprint density at radius 1 is 0.933 bits per heavy atom. The van der Waals surface area contributed by atoms with E-state index in [0.29, 0.717) is 31.0 Å². The SMILES string of the molecule is CCn1nccc1C(=O)C[C@H](C(=O)Nc1ccc([C@H](C)[C@@H](NC(=O)NC2CC2)C(=O)N2CCN(C)CC2)cc1)C1CCCCC1. The number of hydrogen-bond donors (Lipinski definition) is 3. The molecule has 244 valence electrons. The predicted octanol–water partition coefficient (Wildman–Crippen LogP) is 4.02. The Morgan fingerprint density at radius 3 is 2.27 bits per heavy atom. The van der Waals surface area contributed by atoms with Crippen LogP contribution in [0.25, 0.3) is 0 Å². The van der Waals surface area contributed by atoms with Crippen LogP contribution in [0, 0.1) is 11.8 Å². The first-order valence-corrected chi connectivity index (χ1v) is 16.7. The lowest BCUT2D eigenvalue weighted by molar-refractivity contribution is -0.135. The Labute approximate surface area is 266 Å². The Morgan fingerprint density at radius 2 is 1.62 bits per heavy atom. The number of Topliss-reactive ketones (excluding diaryl/α,β-unsaturated/α-hetero) is 1. The first-order valence-electron chi connectivity index (χ1n) is 16.7. The average Bonchev–Trinajstić information content (AvgIpc) is 3.73. The number of carbonyl (C=O) groups excluding carboxylic acids is 4. The third-order valence-electron chi connectivity index (χ3n) is 9.75. The van der Waals surface area contributed by atoms with E-state index < -0.39 is 12.0 Å². The molecule has 0 bridgehead atoms. The van der Waals surface area contributed by atoms with Crippen LogP contribution in [0.1, 0.15) is 87.2 Å². The van der Waals surface area contributed by atoms with Gasteiger partial charge in [-0.3, -0.25) is 19.1 Å². The molecule has 3 N–H and O–H groups in total. The first-order chi connectivity index (χ1) is 21.7. The van der Waals surface area contributed by atoms with Gasteiger partial charge in [0.1, 0.15) is 11.7 Å². The van der Waals surface area contributed by atoms with Crippen LogP contribution < -0.4 is 16.0 Å². The number of nitrogens with one attached hydrogen (secondary N) is 3. The summed E-state index contributed by atoms with van der Waals surface area (Å²) in [6.45, 7) is 7.35. The molecule has 2 aromatic rings. The number of benzene rings is 1. The first kappa shape index (κ1) is 32.7. The van der Waals surface area contributed by atoms with Crippen molar-refractivity contribution in [1.82, 2.24) is 30.2 Å². The average molecular weight is 620 g/mol. The number of ketones is 1. The molecule has 0 spiro atoms. The van der Waals surface area contributed by atoms with Gasteiger partial charge >= 0.3 is 6.03 Å². The summed E-state index contributed by atoms with van der Waals surface area (Å²) < 4.78 is 1.68. The Balaban J connectivity index is 1.27. The van der Waals surface area contributed by atoms with Crippen molar-refractivity contribution in [2.45, 2.75) is 89.8 Å². The van der Waals surface area contributed by atoms with Crippen molar-refractivity contribution in [3.63, 3.8) is 0 Å². The normalized spacial score (nSPS) is 19.8. The molecule has 11 heteroatoms. The van der Waals surface area contributed by atoms with Crippen LogP contribution in [0.4, 0.5) is 10.5 Å². The molecule has 1 saturated heterocycles. The smallest absolute Gasteiger partial charge is 0.315 e. The summed E-state index contributed by atoms with van der Waals surface area (Å²) in [5, 5.41) is 13.2. The fraction of sp³-hybridized carbons (Fsp3) is 0.618. The Bertz CT molecular complexity index is 1320. The lowest BCUT2D eigenvalue weighted by atomic mass is 9.77. The highest BCUT2D eigenvalue weighted by molar-refractivity contribution is 6.00. The van der Waals surface area contributed by atoms with Crippen molar-refractivity contribution in [3.05, 3.63) is 47.8 Å². The lowest BCUT2D eigenvalue weighted by Gasteiger charge is -2.36. The minimum absolute atomic E-state index is 0.0569. The number of nitrogens with zero attached hydrogens (tertiary/aromatic N) is 4. The number of likely N-dealkylation sites (N-methyl/N-ethyl adjacent to an activating group) is 1. The molecule has 2 aliphatic carbocycles. The fourth-order valence-electron chi connectivity index (χ4n) is 6.65. The van der Waals surface area contributed by atoms with Gasteiger partial charge in [-0.05, 0) is 69.3 Å². The third-order valence-corrected chi connectivity index (χ3v) is 9.75. The number of urea groups is 1. The van der Waals surface area contributed by atoms with E-state index in [1.807, 2.05) is 50.1 Å². The largest absolute Gasteiger partial charge is 0.338 e. The molecule has 1 aromatic carbocycles. The monoisotopic (exact) mass is 619 g/mol. The zero-order chi connectivity index (χ0) is 31.9. The number of carbonyl (C=O) groups is 4. The van der Waals surface area contributed by atoms with Gasteiger partial charge in [0.2, 0.25) is 11.8 Å². The maximum Gasteiger partial charge on any atom is 0.315 e. The van der Waals surface area contributed by atoms with Crippen molar-refractivity contribution in [1.29, 1.82) is 0 Å². The molecule has 11 nitrogen and oxygen atoms in total. The third kappa shape index (κ3) is 8.51. The van der Waals surface area contributed by atoms with Crippen molar-refractivity contribution in [2.75, 3.05) is 38.5 Å². The van der Waals surface area contributed by atoms with Crippen LogP contribution >= 0.6 is 0 Å². The van der Waals surface area contributed by atoms with Gasteiger partial charge in [0.05, 0.1) is 0 Å². The molecule has 2 heterocycles. The summed E-state index contributed by atoms with van der Waals surface area (Å²) in [6, 6.07) is 8.39. The number of anilines is 1. The van der Waals surface area contributed by atoms with Gasteiger partial charge in [0.15, 0.2) is 5.78 Å². The highest BCUT2D eigenvalue weighted by Gasteiger charge is 2.35. The van der Waals surface area contributed by atoms with E-state index in [1.54, 1.807) is 16.9 Å². The summed E-state index contributed by atoms with van der Waals surface area (Å²) in [5.74, 6) is -0.824. The molecule has 0 unspecified atom stereocenters. The summed E-state index contributed by atoms with van der Waals surface area (Å²) in [6.07, 6.45) is 8.91. The van der Waals surface area contributed by atoms with Crippen LogP contribution in [-0.4, -0.2) is 88.5 Å². The zero-order valence-electron chi connectivity index (χ0n) is 27.0. The Kier molecular flexibility index (Phi) is 10.9. The number of hydrogen-bond acceptors (Lipinski definition) is 6. The second-order valence-electron chi connectivity index (χ2n) is 13.1. The van der Waals surface area contributed by atoms with E-state index in [0.717, 1.165) is 63.6 Å². The molecular formula is C34H49N7O4. The quantitative estimate of drug-likeness (QED) is 0.308. The van der Waals surface area contributed by atoms with Gasteiger partial charge in [-0.15, -0.1) is 0 Å². The highest BCUT2D eigenvalue weighted by atomic mass is 16.2. The van der Waals surface area contributed by atoms with Gasteiger partial charge in [0.25, 0.3) is 0 Å². The number of rotatable bonds is 12. The minimum atomic E-state index is -0.717. The predicted molar refractivity (Wildman–Crippen MR) is 173 cm³/mol. The van der Waals surface area contributed by atoms with E-state index in [-0.39, 0.29) is 47.9 Å². The highest BCUT2D eigenvalue weighted by Crippen LogP contribution is 2.34. The van der Waals surface area contributed by atoms with E-state index in [2.05, 4.69) is 25.9 Å². The Hall–Kier alpha value is -3.73. The van der Waals surface area contributed by atoms with Crippen LogP contribution in [-0.2, 0) is 16.1 Å². The zero-order valence-corrected chi connectivity index (χ0v) is 27.0. The second kappa shape index (κ2) is 15.0. The molecule has 0 radical (unpaired) electrons. The topological polar surface area (TPSA) is 129 Å². The minimum Gasteiger partial charge on any atom is -0.338 e. The van der Waals surface area contributed by atoms with Gasteiger partial charge < -0.3 is 25.8 Å². The van der Waals surface area contributed by atoms with Crippen molar-refractivity contribution in [2.24, 2.45) is 11.8 Å². The van der Waals surface area contributed by atoms with Gasteiger partial charge in [-0.2, -0.15) is 5.10 Å². The molecule has 3 fully saturated rings. The van der Waals surface area contributed by atoms with E-state index in [9.17, 15) is 19.2 Å². The maximum absolute atomic E-state index is 13.7. The van der Waals surface area contributed by atoms with Gasteiger partial charge in [-0.25, -0.2) is 4.79 Å². The number of amides is 4. The number of aromatic nitrogens is 2. The molecule has 2 saturated carbocycles. The van der Waals surface area contributed by atoms with Crippen LogP contribution in [0.15, 0.2) is 36.5 Å². The number of aryl methyl sites for hydroxylation is 1. The van der Waals surface area contributed by atoms with Crippen molar-refractivity contribution in [3.8, 4) is 0 Å². The lowest BCUT2D eigenvalue weighted by Crippen LogP contribution is -2.57. The molecule has 45 heavy (non-hydrogen) atoms. The van der Waals surface area contributed by atoms with Gasteiger partial charge in [-0.1, -0.05) is 38.3 Å². The molecule has 1 aliphatic heterocycles. The van der Waals surface area contributed by atoms with Gasteiger partial charge in [0, 0.05) is 68.9 Å². The van der Waals surface area contributed by atoms with E-state index >= 15 is 0 Å². The molecule has 5 rings (SSSR count). The van der Waals surface area contributed by atoms with Crippen LogP contribution in [0.5, 0.6) is 0 Å². The van der Waals surface area contributed by atoms with Crippen molar-refractivity contribution >= 4 is 29.3 Å². The van der Waals surface area contributed by atoms with Crippen molar-refractivity contribution < 1.29 is 19.2 Å². The summed E-state index contributed by atoms with van der Waals surface area (Å²) in [7, 11) is 2.04. The summed E-state index contributed by atoms with van der Waals surface area (Å²) in [5.41, 5.74) is 2.08. The standard InChI is InChI=1S/C34H49N7O4/c1-4-41-29(16-17-35-41)30(42)22-28(25-8-6-5-7-9-25)32(43)36-26-12-10-24(11-13-26)23(2)31(38-34(45)37-27-14-15-27)33(44)40-20-18-39(3)19-21-40/h10-13,16-17,23,25,27-28,31H,4-9,14-15,18-22H2,1-3H3,(H,36,43)(H2,37,38,45)/t23-,28-,31+/m0/s1. The molecule has 3 aliphatic rings. The van der Waals surface area contributed by atoms with Crippen LogP contribution in [0.2, 0.25) is 0 Å². The number of piperazine rings is 1. The summed E-state index contributed by atoms with van der Waals surface area (Å²) >= 11 is 0. The summed E-state index contributed by atoms with van der Waals surface area (Å²) in [4.78, 5) is 57.5. The van der Waals surface area contributed by atoms with E-state index in [1.165, 1.54) is 0 Å². The van der Waals surface area contributed by atoms with Crippen LogP contribution in [0.3, 0.4) is 0 Å². The fourth-order valence-corrected chi connectivity index (χ4v) is 6.65. The maximum atomic E-state index is 13.7.